The first kappa shape index (κ1) is 11.9. The van der Waals surface area contributed by atoms with Crippen LogP contribution in [0.3, 0.4) is 0 Å². The number of carbonyl (C=O) groups excluding carboxylic acids is 1. The van der Waals surface area contributed by atoms with E-state index < -0.39 is 0 Å². The highest BCUT2D eigenvalue weighted by molar-refractivity contribution is 5.77. The topological polar surface area (TPSA) is 23.6 Å². The van der Waals surface area contributed by atoms with Crippen LogP contribution in [0.5, 0.6) is 0 Å². The van der Waals surface area contributed by atoms with E-state index >= 15 is 0 Å². The molecule has 2 aliphatic heterocycles. The summed E-state index contributed by atoms with van der Waals surface area (Å²) < 4.78 is 0. The summed E-state index contributed by atoms with van der Waals surface area (Å²) in [6.45, 7) is 5.39. The van der Waals surface area contributed by atoms with Crippen molar-refractivity contribution in [2.45, 2.75) is 51.0 Å². The average molecular weight is 224 g/mol. The van der Waals surface area contributed by atoms with Gasteiger partial charge in [0.05, 0.1) is 0 Å². The van der Waals surface area contributed by atoms with Crippen LogP contribution in [0.25, 0.3) is 0 Å². The van der Waals surface area contributed by atoms with Gasteiger partial charge in [0.15, 0.2) is 0 Å². The Kier molecular flexibility index (Phi) is 3.53. The molecule has 92 valence electrons. The third-order valence-corrected chi connectivity index (χ3v) is 4.28. The Morgan fingerprint density at radius 2 is 1.88 bits per heavy atom. The molecule has 2 aliphatic rings. The van der Waals surface area contributed by atoms with E-state index in [-0.39, 0.29) is 5.54 Å². The number of hydrogen-bond acceptors (Lipinski definition) is 2. The molecule has 2 fully saturated rings. The highest BCUT2D eigenvalue weighted by Crippen LogP contribution is 2.38. The summed E-state index contributed by atoms with van der Waals surface area (Å²) >= 11 is 0. The zero-order chi connectivity index (χ0) is 11.6. The molecule has 2 rings (SSSR count). The Bertz CT molecular complexity index is 257. The Morgan fingerprint density at radius 1 is 1.19 bits per heavy atom. The van der Waals surface area contributed by atoms with Crippen LogP contribution in [0.15, 0.2) is 0 Å². The van der Waals surface area contributed by atoms with Crippen molar-refractivity contribution < 1.29 is 4.79 Å². The Morgan fingerprint density at radius 3 is 2.50 bits per heavy atom. The number of likely N-dealkylation sites (tertiary alicyclic amines) is 2. The molecule has 0 atom stereocenters. The van der Waals surface area contributed by atoms with Crippen LogP contribution in [0.2, 0.25) is 0 Å². The maximum Gasteiger partial charge on any atom is 0.223 e. The molecule has 1 spiro atoms. The van der Waals surface area contributed by atoms with Crippen molar-refractivity contribution >= 4 is 5.91 Å². The van der Waals surface area contributed by atoms with Gasteiger partial charge in [-0.2, -0.15) is 0 Å². The van der Waals surface area contributed by atoms with Crippen LogP contribution in [-0.2, 0) is 4.79 Å². The van der Waals surface area contributed by atoms with Crippen molar-refractivity contribution in [1.82, 2.24) is 9.80 Å². The van der Waals surface area contributed by atoms with E-state index in [1.165, 1.54) is 25.7 Å². The molecule has 0 aliphatic carbocycles. The van der Waals surface area contributed by atoms with E-state index in [4.69, 9.17) is 0 Å². The van der Waals surface area contributed by atoms with Crippen molar-refractivity contribution in [2.24, 2.45) is 0 Å². The van der Waals surface area contributed by atoms with Crippen molar-refractivity contribution in [3.63, 3.8) is 0 Å². The van der Waals surface area contributed by atoms with E-state index in [2.05, 4.69) is 23.8 Å². The third-order valence-electron chi connectivity index (χ3n) is 4.28. The van der Waals surface area contributed by atoms with Crippen LogP contribution in [0, 0.1) is 0 Å². The summed E-state index contributed by atoms with van der Waals surface area (Å²) in [4.78, 5) is 16.7. The van der Waals surface area contributed by atoms with Crippen molar-refractivity contribution in [1.29, 1.82) is 0 Å². The van der Waals surface area contributed by atoms with E-state index in [0.29, 0.717) is 5.91 Å². The Labute approximate surface area is 98.8 Å². The minimum atomic E-state index is 0.235. The van der Waals surface area contributed by atoms with Gasteiger partial charge >= 0.3 is 0 Å². The van der Waals surface area contributed by atoms with Crippen LogP contribution < -0.4 is 0 Å². The van der Waals surface area contributed by atoms with Gasteiger partial charge in [0, 0.05) is 31.6 Å². The molecule has 0 aromatic rings. The molecule has 0 unspecified atom stereocenters. The maximum absolute atomic E-state index is 12.1. The highest BCUT2D eigenvalue weighted by atomic mass is 16.2. The normalized spacial score (nSPS) is 25.2. The molecule has 2 saturated heterocycles. The minimum Gasteiger partial charge on any atom is -0.337 e. The summed E-state index contributed by atoms with van der Waals surface area (Å²) in [6, 6.07) is 0. The monoisotopic (exact) mass is 224 g/mol. The number of hydrogen-bond donors (Lipinski definition) is 0. The smallest absolute Gasteiger partial charge is 0.223 e. The van der Waals surface area contributed by atoms with Gasteiger partial charge in [0.2, 0.25) is 5.91 Å². The first-order chi connectivity index (χ1) is 7.68. The summed E-state index contributed by atoms with van der Waals surface area (Å²) in [6.07, 6.45) is 6.51. The predicted octanol–water partition coefficient (Wildman–Crippen LogP) is 1.87. The van der Waals surface area contributed by atoms with Crippen LogP contribution in [0.1, 0.15) is 45.4 Å². The molecule has 0 saturated carbocycles. The van der Waals surface area contributed by atoms with Gasteiger partial charge in [-0.3, -0.25) is 4.79 Å². The summed E-state index contributed by atoms with van der Waals surface area (Å²) in [5, 5.41) is 0. The lowest BCUT2D eigenvalue weighted by Gasteiger charge is -2.44. The fourth-order valence-corrected chi connectivity index (χ4v) is 3.23. The Hall–Kier alpha value is -0.570. The third kappa shape index (κ3) is 2.10. The van der Waals surface area contributed by atoms with Gasteiger partial charge in [0.25, 0.3) is 0 Å². The first-order valence-electron chi connectivity index (χ1n) is 6.67. The van der Waals surface area contributed by atoms with Crippen molar-refractivity contribution in [2.75, 3.05) is 26.7 Å². The zero-order valence-corrected chi connectivity index (χ0v) is 10.7. The number of rotatable bonds is 2. The number of carbonyl (C=O) groups is 1. The maximum atomic E-state index is 12.1. The van der Waals surface area contributed by atoms with E-state index in [0.717, 1.165) is 32.5 Å². The average Bonchev–Trinajstić information content (AvgIpc) is 2.67. The van der Waals surface area contributed by atoms with Crippen LogP contribution >= 0.6 is 0 Å². The van der Waals surface area contributed by atoms with Gasteiger partial charge in [0.1, 0.15) is 0 Å². The summed E-state index contributed by atoms with van der Waals surface area (Å²) in [5.74, 6) is 0.393. The molecule has 16 heavy (non-hydrogen) atoms. The molecular formula is C13H24N2O. The molecular weight excluding hydrogens is 200 g/mol. The molecule has 0 radical (unpaired) electrons. The lowest BCUT2D eigenvalue weighted by Crippen LogP contribution is -2.53. The predicted molar refractivity (Wildman–Crippen MR) is 65.3 cm³/mol. The number of nitrogens with zero attached hydrogens (tertiary/aromatic N) is 2. The lowest BCUT2D eigenvalue weighted by molar-refractivity contribution is -0.137. The minimum absolute atomic E-state index is 0.235. The molecule has 0 bridgehead atoms. The van der Waals surface area contributed by atoms with Crippen LogP contribution in [-0.4, -0.2) is 47.9 Å². The Balaban J connectivity index is 2.04. The van der Waals surface area contributed by atoms with Gasteiger partial charge < -0.3 is 9.80 Å². The van der Waals surface area contributed by atoms with Gasteiger partial charge in [-0.05, 0) is 39.2 Å². The summed E-state index contributed by atoms with van der Waals surface area (Å²) in [5.41, 5.74) is 0.235. The largest absolute Gasteiger partial charge is 0.337 e. The van der Waals surface area contributed by atoms with Crippen molar-refractivity contribution in [3.8, 4) is 0 Å². The molecule has 0 aromatic carbocycles. The van der Waals surface area contributed by atoms with E-state index in [9.17, 15) is 4.79 Å². The lowest BCUT2D eigenvalue weighted by atomic mass is 9.85. The molecule has 0 aromatic heterocycles. The molecule has 2 heterocycles. The SMILES string of the molecule is CCCC(=O)N1CCCC12CCN(C)CC2. The van der Waals surface area contributed by atoms with E-state index in [1.54, 1.807) is 0 Å². The fourth-order valence-electron chi connectivity index (χ4n) is 3.23. The van der Waals surface area contributed by atoms with E-state index in [1.807, 2.05) is 0 Å². The van der Waals surface area contributed by atoms with Crippen molar-refractivity contribution in [3.05, 3.63) is 0 Å². The standard InChI is InChI=1S/C13H24N2O/c1-3-5-12(16)15-9-4-6-13(15)7-10-14(2)11-8-13/h3-11H2,1-2H3. The molecule has 0 N–H and O–H groups in total. The highest BCUT2D eigenvalue weighted by Gasteiger charge is 2.44. The number of piperidine rings is 1. The zero-order valence-electron chi connectivity index (χ0n) is 10.7. The fraction of sp³-hybridized carbons (Fsp3) is 0.923. The number of amides is 1. The molecule has 3 heteroatoms. The van der Waals surface area contributed by atoms with Gasteiger partial charge in [-0.15, -0.1) is 0 Å². The second kappa shape index (κ2) is 4.74. The molecule has 3 nitrogen and oxygen atoms in total. The van der Waals surface area contributed by atoms with Crippen LogP contribution in [0.4, 0.5) is 0 Å². The second-order valence-electron chi connectivity index (χ2n) is 5.43. The van der Waals surface area contributed by atoms with Gasteiger partial charge in [-0.25, -0.2) is 0 Å². The summed E-state index contributed by atoms with van der Waals surface area (Å²) in [7, 11) is 2.18. The quantitative estimate of drug-likeness (QED) is 0.715. The molecule has 1 amide bonds. The van der Waals surface area contributed by atoms with Gasteiger partial charge in [-0.1, -0.05) is 6.92 Å². The second-order valence-corrected chi connectivity index (χ2v) is 5.43. The first-order valence-corrected chi connectivity index (χ1v) is 6.67.